The first-order valence-corrected chi connectivity index (χ1v) is 9.45. The molecule has 0 aliphatic heterocycles. The molecule has 2 heterocycles. The van der Waals surface area contributed by atoms with Crippen molar-refractivity contribution < 1.29 is 4.79 Å². The number of carbonyl (C=O) groups is 1. The van der Waals surface area contributed by atoms with Gasteiger partial charge < -0.3 is 5.32 Å². The molecule has 0 radical (unpaired) electrons. The van der Waals surface area contributed by atoms with E-state index in [9.17, 15) is 10.1 Å². The molecule has 3 aromatic rings. The number of aromatic nitrogens is 1. The zero-order chi connectivity index (χ0) is 17.5. The van der Waals surface area contributed by atoms with Crippen LogP contribution in [-0.2, 0) is 11.2 Å². The van der Waals surface area contributed by atoms with Crippen LogP contribution in [0.2, 0.25) is 0 Å². The van der Waals surface area contributed by atoms with Gasteiger partial charge in [-0.05, 0) is 29.5 Å². The van der Waals surface area contributed by atoms with E-state index in [1.54, 1.807) is 11.3 Å². The fraction of sp³-hybridized carbons (Fsp3) is 0.105. The molecule has 1 N–H and O–H groups in total. The van der Waals surface area contributed by atoms with Crippen LogP contribution < -0.4 is 5.32 Å². The molecule has 0 aliphatic carbocycles. The fourth-order valence-electron chi connectivity index (χ4n) is 2.22. The largest absolute Gasteiger partial charge is 0.351 e. The number of thiophene rings is 1. The van der Waals surface area contributed by atoms with Crippen LogP contribution in [0.4, 0.5) is 0 Å². The quantitative estimate of drug-likeness (QED) is 0.527. The summed E-state index contributed by atoms with van der Waals surface area (Å²) in [5.74, 6) is -0.371. The van der Waals surface area contributed by atoms with Gasteiger partial charge >= 0.3 is 0 Å². The highest BCUT2D eigenvalue weighted by Crippen LogP contribution is 2.28. The van der Waals surface area contributed by atoms with Crippen molar-refractivity contribution in [3.05, 3.63) is 70.1 Å². The number of amides is 1. The summed E-state index contributed by atoms with van der Waals surface area (Å²) in [6.45, 7) is 0.485. The molecule has 0 aliphatic rings. The summed E-state index contributed by atoms with van der Waals surface area (Å²) in [5.41, 5.74) is 1.84. The standard InChI is InChI=1S/C19H15N3OS2/c20-12-15(18(23)21-9-8-14-5-2-1-3-6-14)11-16-13-25-19(22-16)17-7-4-10-24-17/h1-7,10-11,13H,8-9H2,(H,21,23)/b15-11-. The molecule has 0 saturated heterocycles. The number of thiazole rings is 1. The van der Waals surface area contributed by atoms with Crippen molar-refractivity contribution in [1.29, 1.82) is 5.26 Å². The lowest BCUT2D eigenvalue weighted by molar-refractivity contribution is -0.117. The lowest BCUT2D eigenvalue weighted by Gasteiger charge is -2.04. The van der Waals surface area contributed by atoms with E-state index in [0.717, 1.165) is 21.9 Å². The summed E-state index contributed by atoms with van der Waals surface area (Å²) < 4.78 is 0. The average Bonchev–Trinajstić information content (AvgIpc) is 3.32. The Labute approximate surface area is 154 Å². The molecular weight excluding hydrogens is 350 g/mol. The SMILES string of the molecule is N#C/C(=C/c1csc(-c2cccs2)n1)C(=O)NCCc1ccccc1. The summed E-state index contributed by atoms with van der Waals surface area (Å²) in [6, 6.07) is 15.8. The van der Waals surface area contributed by atoms with Crippen LogP contribution in [0, 0.1) is 11.3 Å². The van der Waals surface area contributed by atoms with Gasteiger partial charge in [-0.25, -0.2) is 4.98 Å². The van der Waals surface area contributed by atoms with E-state index in [4.69, 9.17) is 0 Å². The van der Waals surface area contributed by atoms with Crippen LogP contribution >= 0.6 is 22.7 Å². The molecule has 0 saturated carbocycles. The lowest BCUT2D eigenvalue weighted by atomic mass is 10.1. The smallest absolute Gasteiger partial charge is 0.262 e. The van der Waals surface area contributed by atoms with Gasteiger partial charge in [0, 0.05) is 11.9 Å². The molecular formula is C19H15N3OS2. The van der Waals surface area contributed by atoms with Gasteiger partial charge in [-0.1, -0.05) is 36.4 Å². The normalized spacial score (nSPS) is 11.1. The number of nitrogens with one attached hydrogen (secondary N) is 1. The minimum absolute atomic E-state index is 0.0658. The Balaban J connectivity index is 1.62. The van der Waals surface area contributed by atoms with Gasteiger partial charge in [-0.15, -0.1) is 22.7 Å². The third-order valence-electron chi connectivity index (χ3n) is 3.45. The van der Waals surface area contributed by atoms with E-state index in [-0.39, 0.29) is 11.5 Å². The van der Waals surface area contributed by atoms with Gasteiger partial charge in [-0.2, -0.15) is 5.26 Å². The zero-order valence-electron chi connectivity index (χ0n) is 13.3. The zero-order valence-corrected chi connectivity index (χ0v) is 14.9. The molecule has 124 valence electrons. The van der Waals surface area contributed by atoms with E-state index in [1.165, 1.54) is 17.4 Å². The molecule has 4 nitrogen and oxygen atoms in total. The van der Waals surface area contributed by atoms with Crippen LogP contribution in [0.15, 0.2) is 58.8 Å². The summed E-state index contributed by atoms with van der Waals surface area (Å²) in [7, 11) is 0. The van der Waals surface area contributed by atoms with E-state index in [1.807, 2.05) is 59.3 Å². The second-order valence-electron chi connectivity index (χ2n) is 5.22. The van der Waals surface area contributed by atoms with Crippen LogP contribution in [0.3, 0.4) is 0 Å². The number of benzene rings is 1. The minimum Gasteiger partial charge on any atom is -0.351 e. The van der Waals surface area contributed by atoms with E-state index in [2.05, 4.69) is 10.3 Å². The number of rotatable bonds is 6. The third-order valence-corrected chi connectivity index (χ3v) is 5.35. The van der Waals surface area contributed by atoms with E-state index in [0.29, 0.717) is 12.2 Å². The molecule has 25 heavy (non-hydrogen) atoms. The Morgan fingerprint density at radius 3 is 2.76 bits per heavy atom. The molecule has 1 aromatic carbocycles. The van der Waals surface area contributed by atoms with Gasteiger partial charge in [0.15, 0.2) is 0 Å². The van der Waals surface area contributed by atoms with Gasteiger partial charge in [0.05, 0.1) is 10.6 Å². The Hall–Kier alpha value is -2.75. The maximum atomic E-state index is 12.2. The first-order chi connectivity index (χ1) is 12.3. The number of hydrogen-bond donors (Lipinski definition) is 1. The summed E-state index contributed by atoms with van der Waals surface area (Å²) in [6.07, 6.45) is 2.26. The predicted octanol–water partition coefficient (Wildman–Crippen LogP) is 4.14. The number of hydrogen-bond acceptors (Lipinski definition) is 5. The Morgan fingerprint density at radius 1 is 1.20 bits per heavy atom. The summed E-state index contributed by atoms with van der Waals surface area (Å²) >= 11 is 3.11. The summed E-state index contributed by atoms with van der Waals surface area (Å²) in [4.78, 5) is 17.7. The molecule has 3 rings (SSSR count). The second kappa shape index (κ2) is 8.38. The third kappa shape index (κ3) is 4.63. The number of carbonyl (C=O) groups excluding carboxylic acids is 1. The lowest BCUT2D eigenvalue weighted by Crippen LogP contribution is -2.26. The molecule has 0 fully saturated rings. The highest BCUT2D eigenvalue weighted by Gasteiger charge is 2.10. The van der Waals surface area contributed by atoms with Gasteiger partial charge in [-0.3, -0.25) is 4.79 Å². The van der Waals surface area contributed by atoms with Crippen molar-refractivity contribution in [1.82, 2.24) is 10.3 Å². The van der Waals surface area contributed by atoms with Crippen molar-refractivity contribution in [2.24, 2.45) is 0 Å². The first kappa shape index (κ1) is 17.1. The highest BCUT2D eigenvalue weighted by molar-refractivity contribution is 7.20. The van der Waals surface area contributed by atoms with Gasteiger partial charge in [0.2, 0.25) is 0 Å². The molecule has 1 amide bonds. The molecule has 2 aromatic heterocycles. The van der Waals surface area contributed by atoms with Crippen molar-refractivity contribution in [3.8, 4) is 16.0 Å². The van der Waals surface area contributed by atoms with E-state index < -0.39 is 0 Å². The van der Waals surface area contributed by atoms with Crippen molar-refractivity contribution in [3.63, 3.8) is 0 Å². The van der Waals surface area contributed by atoms with Crippen LogP contribution in [0.1, 0.15) is 11.3 Å². The van der Waals surface area contributed by atoms with Crippen LogP contribution in [0.25, 0.3) is 16.0 Å². The predicted molar refractivity (Wildman–Crippen MR) is 102 cm³/mol. The average molecular weight is 365 g/mol. The maximum absolute atomic E-state index is 12.2. The topological polar surface area (TPSA) is 65.8 Å². The Kier molecular flexibility index (Phi) is 5.73. The fourth-order valence-corrected chi connectivity index (χ4v) is 3.81. The molecule has 0 unspecified atom stereocenters. The molecule has 6 heteroatoms. The molecule has 0 bridgehead atoms. The number of nitriles is 1. The van der Waals surface area contributed by atoms with Gasteiger partial charge in [0.1, 0.15) is 16.6 Å². The van der Waals surface area contributed by atoms with Crippen molar-refractivity contribution in [2.75, 3.05) is 6.54 Å². The first-order valence-electron chi connectivity index (χ1n) is 7.69. The molecule has 0 spiro atoms. The highest BCUT2D eigenvalue weighted by atomic mass is 32.1. The summed E-state index contributed by atoms with van der Waals surface area (Å²) in [5, 5.41) is 16.8. The maximum Gasteiger partial charge on any atom is 0.262 e. The van der Waals surface area contributed by atoms with Crippen molar-refractivity contribution >= 4 is 34.7 Å². The van der Waals surface area contributed by atoms with Gasteiger partial charge in [0.25, 0.3) is 5.91 Å². The van der Waals surface area contributed by atoms with Crippen LogP contribution in [-0.4, -0.2) is 17.4 Å². The van der Waals surface area contributed by atoms with Crippen LogP contribution in [0.5, 0.6) is 0 Å². The second-order valence-corrected chi connectivity index (χ2v) is 7.02. The van der Waals surface area contributed by atoms with E-state index >= 15 is 0 Å². The Morgan fingerprint density at radius 2 is 2.04 bits per heavy atom. The molecule has 0 atom stereocenters. The minimum atomic E-state index is -0.371. The van der Waals surface area contributed by atoms with Crippen molar-refractivity contribution in [2.45, 2.75) is 6.42 Å². The number of nitrogens with zero attached hydrogens (tertiary/aromatic N) is 2. The monoisotopic (exact) mass is 365 g/mol. The Bertz CT molecular complexity index is 906.